The van der Waals surface area contributed by atoms with Crippen LogP contribution in [0.5, 0.6) is 0 Å². The average Bonchev–Trinajstić information content (AvgIpc) is 2.63. The third-order valence-electron chi connectivity index (χ3n) is 3.39. The van der Waals surface area contributed by atoms with Gasteiger partial charge in [0, 0.05) is 13.0 Å². The van der Waals surface area contributed by atoms with Crippen molar-refractivity contribution < 1.29 is 0 Å². The van der Waals surface area contributed by atoms with Gasteiger partial charge in [0.05, 0.1) is 5.84 Å². The first-order valence-corrected chi connectivity index (χ1v) is 5.51. The zero-order valence-electron chi connectivity index (χ0n) is 8.97. The second-order valence-corrected chi connectivity index (χ2v) is 4.22. The number of hydrogen-bond donors (Lipinski definition) is 1. The fraction of sp³-hybridized carbons (Fsp3) is 0.909. The number of aliphatic imine (C=N–C) groups is 1. The maximum absolute atomic E-state index is 5.71. The minimum Gasteiger partial charge on any atom is -0.387 e. The van der Waals surface area contributed by atoms with Crippen molar-refractivity contribution in [3.8, 4) is 0 Å². The molecule has 1 saturated carbocycles. The quantitative estimate of drug-likeness (QED) is 0.527. The summed E-state index contributed by atoms with van der Waals surface area (Å²) in [5.41, 5.74) is 6.21. The molecule has 0 heterocycles. The zero-order valence-corrected chi connectivity index (χ0v) is 8.97. The van der Waals surface area contributed by atoms with Gasteiger partial charge >= 0.3 is 0 Å². The largest absolute Gasteiger partial charge is 0.387 e. The van der Waals surface area contributed by atoms with Crippen LogP contribution in [0.2, 0.25) is 0 Å². The maximum Gasteiger partial charge on any atom is 0.0934 e. The molecule has 0 amide bonds. The van der Waals surface area contributed by atoms with E-state index in [1.54, 1.807) is 0 Å². The number of nitrogens with zero attached hydrogens (tertiary/aromatic N) is 1. The SMILES string of the molecule is CCC(N)=NCC1(CC)CCCC1. The van der Waals surface area contributed by atoms with Gasteiger partial charge in [0.1, 0.15) is 0 Å². The lowest BCUT2D eigenvalue weighted by Crippen LogP contribution is -2.22. The van der Waals surface area contributed by atoms with E-state index in [-0.39, 0.29) is 0 Å². The van der Waals surface area contributed by atoms with Gasteiger partial charge in [-0.15, -0.1) is 0 Å². The molecule has 2 heteroatoms. The van der Waals surface area contributed by atoms with E-state index in [0.29, 0.717) is 5.41 Å². The van der Waals surface area contributed by atoms with E-state index in [0.717, 1.165) is 18.8 Å². The van der Waals surface area contributed by atoms with Gasteiger partial charge < -0.3 is 5.73 Å². The molecular formula is C11H22N2. The molecule has 0 aromatic heterocycles. The summed E-state index contributed by atoms with van der Waals surface area (Å²) in [5, 5.41) is 0. The fourth-order valence-electron chi connectivity index (χ4n) is 2.13. The number of hydrogen-bond acceptors (Lipinski definition) is 1. The standard InChI is InChI=1S/C11H22N2/c1-3-10(12)13-9-11(4-2)7-5-6-8-11/h3-9H2,1-2H3,(H2,12,13). The highest BCUT2D eigenvalue weighted by Gasteiger charge is 2.31. The first-order valence-electron chi connectivity index (χ1n) is 5.51. The van der Waals surface area contributed by atoms with Gasteiger partial charge in [-0.1, -0.05) is 26.7 Å². The smallest absolute Gasteiger partial charge is 0.0934 e. The summed E-state index contributed by atoms with van der Waals surface area (Å²) in [6.45, 7) is 5.30. The van der Waals surface area contributed by atoms with Crippen LogP contribution in [0.25, 0.3) is 0 Å². The van der Waals surface area contributed by atoms with Gasteiger partial charge in [0.25, 0.3) is 0 Å². The molecule has 0 atom stereocenters. The predicted octanol–water partition coefficient (Wildman–Crippen LogP) is 2.72. The van der Waals surface area contributed by atoms with Crippen molar-refractivity contribution in [1.29, 1.82) is 0 Å². The van der Waals surface area contributed by atoms with Gasteiger partial charge in [0.15, 0.2) is 0 Å². The zero-order chi connectivity index (χ0) is 9.73. The van der Waals surface area contributed by atoms with Crippen LogP contribution in [0.1, 0.15) is 52.4 Å². The van der Waals surface area contributed by atoms with Crippen LogP contribution in [0.15, 0.2) is 4.99 Å². The van der Waals surface area contributed by atoms with Crippen molar-refractivity contribution in [3.63, 3.8) is 0 Å². The molecule has 76 valence electrons. The summed E-state index contributed by atoms with van der Waals surface area (Å²) < 4.78 is 0. The van der Waals surface area contributed by atoms with Crippen molar-refractivity contribution in [3.05, 3.63) is 0 Å². The Bertz CT molecular complexity index is 179. The van der Waals surface area contributed by atoms with E-state index < -0.39 is 0 Å². The Hall–Kier alpha value is -0.530. The maximum atomic E-state index is 5.71. The molecule has 0 spiro atoms. The second-order valence-electron chi connectivity index (χ2n) is 4.22. The van der Waals surface area contributed by atoms with Crippen molar-refractivity contribution in [2.24, 2.45) is 16.1 Å². The van der Waals surface area contributed by atoms with Crippen LogP contribution in [0, 0.1) is 5.41 Å². The molecule has 1 rings (SSSR count). The first kappa shape index (κ1) is 10.6. The predicted molar refractivity (Wildman–Crippen MR) is 58.0 cm³/mol. The van der Waals surface area contributed by atoms with Gasteiger partial charge in [0.2, 0.25) is 0 Å². The van der Waals surface area contributed by atoms with Gasteiger partial charge in [-0.05, 0) is 24.7 Å². The van der Waals surface area contributed by atoms with E-state index in [1.807, 2.05) is 0 Å². The van der Waals surface area contributed by atoms with Gasteiger partial charge in [-0.3, -0.25) is 4.99 Å². The first-order chi connectivity index (χ1) is 6.22. The number of amidine groups is 1. The van der Waals surface area contributed by atoms with E-state index in [2.05, 4.69) is 18.8 Å². The van der Waals surface area contributed by atoms with E-state index >= 15 is 0 Å². The molecule has 0 unspecified atom stereocenters. The van der Waals surface area contributed by atoms with Crippen LogP contribution >= 0.6 is 0 Å². The summed E-state index contributed by atoms with van der Waals surface area (Å²) >= 11 is 0. The third-order valence-corrected chi connectivity index (χ3v) is 3.39. The van der Waals surface area contributed by atoms with E-state index in [1.165, 1.54) is 32.1 Å². The Morgan fingerprint density at radius 2 is 1.92 bits per heavy atom. The van der Waals surface area contributed by atoms with Crippen LogP contribution in [0.4, 0.5) is 0 Å². The lowest BCUT2D eigenvalue weighted by atomic mass is 9.83. The molecular weight excluding hydrogens is 160 g/mol. The topological polar surface area (TPSA) is 38.4 Å². The van der Waals surface area contributed by atoms with Crippen LogP contribution < -0.4 is 5.73 Å². The highest BCUT2D eigenvalue weighted by molar-refractivity contribution is 5.79. The molecule has 1 aliphatic carbocycles. The van der Waals surface area contributed by atoms with Gasteiger partial charge in [-0.2, -0.15) is 0 Å². The molecule has 0 aromatic carbocycles. The molecule has 0 radical (unpaired) electrons. The van der Waals surface area contributed by atoms with Crippen LogP contribution in [0.3, 0.4) is 0 Å². The molecule has 0 saturated heterocycles. The third kappa shape index (κ3) is 2.71. The minimum absolute atomic E-state index is 0.500. The Balaban J connectivity index is 2.48. The lowest BCUT2D eigenvalue weighted by molar-refractivity contribution is 0.297. The number of rotatable bonds is 4. The highest BCUT2D eigenvalue weighted by Crippen LogP contribution is 2.41. The van der Waals surface area contributed by atoms with Crippen molar-refractivity contribution in [2.45, 2.75) is 52.4 Å². The lowest BCUT2D eigenvalue weighted by Gasteiger charge is -2.25. The summed E-state index contributed by atoms with van der Waals surface area (Å²) in [5.74, 6) is 0.819. The summed E-state index contributed by atoms with van der Waals surface area (Å²) in [6, 6.07) is 0. The molecule has 13 heavy (non-hydrogen) atoms. The second kappa shape index (κ2) is 4.64. The summed E-state index contributed by atoms with van der Waals surface area (Å²) in [6.07, 6.45) is 7.62. The van der Waals surface area contributed by atoms with Crippen LogP contribution in [-0.2, 0) is 0 Å². The summed E-state index contributed by atoms with van der Waals surface area (Å²) in [4.78, 5) is 4.46. The van der Waals surface area contributed by atoms with Gasteiger partial charge in [-0.25, -0.2) is 0 Å². The molecule has 0 aromatic rings. The minimum atomic E-state index is 0.500. The normalized spacial score (nSPS) is 22.2. The molecule has 2 nitrogen and oxygen atoms in total. The Morgan fingerprint density at radius 1 is 1.31 bits per heavy atom. The van der Waals surface area contributed by atoms with Crippen LogP contribution in [-0.4, -0.2) is 12.4 Å². The van der Waals surface area contributed by atoms with Crippen molar-refractivity contribution in [1.82, 2.24) is 0 Å². The Labute approximate surface area is 81.6 Å². The Kier molecular flexibility index (Phi) is 3.76. The van der Waals surface area contributed by atoms with E-state index in [4.69, 9.17) is 5.73 Å². The molecule has 1 aliphatic rings. The molecule has 0 bridgehead atoms. The van der Waals surface area contributed by atoms with Crippen molar-refractivity contribution >= 4 is 5.84 Å². The average molecular weight is 182 g/mol. The highest BCUT2D eigenvalue weighted by atomic mass is 14.9. The molecule has 2 N–H and O–H groups in total. The molecule has 0 aliphatic heterocycles. The van der Waals surface area contributed by atoms with Crippen molar-refractivity contribution in [2.75, 3.05) is 6.54 Å². The van der Waals surface area contributed by atoms with E-state index in [9.17, 15) is 0 Å². The Morgan fingerprint density at radius 3 is 2.38 bits per heavy atom. The summed E-state index contributed by atoms with van der Waals surface area (Å²) in [7, 11) is 0. The monoisotopic (exact) mass is 182 g/mol. The molecule has 1 fully saturated rings. The fourth-order valence-corrected chi connectivity index (χ4v) is 2.13. The number of nitrogens with two attached hydrogens (primary N) is 1.